The van der Waals surface area contributed by atoms with Gasteiger partial charge in [-0.25, -0.2) is 4.79 Å². The third-order valence-electron chi connectivity index (χ3n) is 4.53. The number of nitrogens with one attached hydrogen (secondary N) is 2. The van der Waals surface area contributed by atoms with Gasteiger partial charge in [0, 0.05) is 12.1 Å². The number of nitrogens with zero attached hydrogens (tertiary/aromatic N) is 1. The Morgan fingerprint density at radius 1 is 1.32 bits per heavy atom. The number of piperidine rings is 2. The molecule has 0 spiro atoms. The summed E-state index contributed by atoms with van der Waals surface area (Å²) in [5.74, 6) is 0. The van der Waals surface area contributed by atoms with Gasteiger partial charge < -0.3 is 15.4 Å². The average molecular weight is 299 g/mol. The minimum absolute atomic E-state index is 0.222. The summed E-state index contributed by atoms with van der Waals surface area (Å²) in [5, 5.41) is 15.9. The van der Waals surface area contributed by atoms with Crippen molar-refractivity contribution in [3.63, 3.8) is 0 Å². The summed E-state index contributed by atoms with van der Waals surface area (Å²) in [6.07, 6.45) is 4.13. The summed E-state index contributed by atoms with van der Waals surface area (Å²) in [6.45, 7) is 0.222. The number of rotatable bonds is 3. The Morgan fingerprint density at radius 3 is 2.64 bits per heavy atom. The van der Waals surface area contributed by atoms with E-state index >= 15 is 0 Å². The zero-order valence-corrected chi connectivity index (χ0v) is 12.5. The van der Waals surface area contributed by atoms with Crippen molar-refractivity contribution in [3.05, 3.63) is 35.9 Å². The lowest BCUT2D eigenvalue weighted by molar-refractivity contribution is 0.112. The highest BCUT2D eigenvalue weighted by molar-refractivity contribution is 5.69. The SMILES string of the molecule is N#CC1(NC(=O)OCc2ccccc2)CC2CCCC(C1)N2. The van der Waals surface area contributed by atoms with Crippen molar-refractivity contribution in [2.24, 2.45) is 0 Å². The lowest BCUT2D eigenvalue weighted by atomic mass is 9.76. The number of amides is 1. The van der Waals surface area contributed by atoms with Gasteiger partial charge in [-0.05, 0) is 31.2 Å². The maximum atomic E-state index is 12.1. The van der Waals surface area contributed by atoms with Crippen LogP contribution in [0.15, 0.2) is 30.3 Å². The van der Waals surface area contributed by atoms with E-state index in [-0.39, 0.29) is 6.61 Å². The number of nitriles is 1. The Bertz CT molecular complexity index is 555. The zero-order chi connectivity index (χ0) is 15.4. The number of hydrogen-bond acceptors (Lipinski definition) is 4. The molecule has 2 bridgehead atoms. The molecule has 22 heavy (non-hydrogen) atoms. The highest BCUT2D eigenvalue weighted by Crippen LogP contribution is 2.32. The van der Waals surface area contributed by atoms with Crippen LogP contribution in [0, 0.1) is 11.3 Å². The van der Waals surface area contributed by atoms with E-state index in [0.717, 1.165) is 18.4 Å². The lowest BCUT2D eigenvalue weighted by Crippen LogP contribution is -2.61. The third kappa shape index (κ3) is 3.40. The van der Waals surface area contributed by atoms with Crippen molar-refractivity contribution in [1.82, 2.24) is 10.6 Å². The number of benzene rings is 1. The first kappa shape index (κ1) is 14.9. The summed E-state index contributed by atoms with van der Waals surface area (Å²) in [6, 6.07) is 12.5. The molecule has 2 atom stereocenters. The monoisotopic (exact) mass is 299 g/mol. The van der Waals surface area contributed by atoms with Crippen molar-refractivity contribution in [3.8, 4) is 6.07 Å². The van der Waals surface area contributed by atoms with E-state index in [1.807, 2.05) is 30.3 Å². The average Bonchev–Trinajstić information content (AvgIpc) is 2.53. The van der Waals surface area contributed by atoms with Crippen molar-refractivity contribution in [1.29, 1.82) is 5.26 Å². The molecule has 5 heteroatoms. The largest absolute Gasteiger partial charge is 0.445 e. The van der Waals surface area contributed by atoms with Crippen LogP contribution in [0.25, 0.3) is 0 Å². The fraction of sp³-hybridized carbons (Fsp3) is 0.529. The minimum atomic E-state index is -0.797. The van der Waals surface area contributed by atoms with Gasteiger partial charge in [-0.1, -0.05) is 36.8 Å². The van der Waals surface area contributed by atoms with Gasteiger partial charge in [-0.2, -0.15) is 5.26 Å². The van der Waals surface area contributed by atoms with E-state index in [2.05, 4.69) is 16.7 Å². The fourth-order valence-corrected chi connectivity index (χ4v) is 3.53. The third-order valence-corrected chi connectivity index (χ3v) is 4.53. The van der Waals surface area contributed by atoms with Crippen LogP contribution in [0.4, 0.5) is 4.79 Å². The van der Waals surface area contributed by atoms with Crippen LogP contribution in [-0.4, -0.2) is 23.7 Å². The molecule has 2 unspecified atom stereocenters. The van der Waals surface area contributed by atoms with Crippen LogP contribution in [0.1, 0.15) is 37.7 Å². The Hall–Kier alpha value is -2.06. The summed E-state index contributed by atoms with van der Waals surface area (Å²) in [4.78, 5) is 12.1. The second-order valence-corrected chi connectivity index (χ2v) is 6.28. The summed E-state index contributed by atoms with van der Waals surface area (Å²) in [7, 11) is 0. The molecular formula is C17H21N3O2. The summed E-state index contributed by atoms with van der Waals surface area (Å²) < 4.78 is 5.26. The molecule has 2 fully saturated rings. The zero-order valence-electron chi connectivity index (χ0n) is 12.5. The number of carbonyl (C=O) groups excluding carboxylic acids is 1. The Kier molecular flexibility index (Phi) is 4.30. The standard InChI is InChI=1S/C17H21N3O2/c18-12-17(9-14-7-4-8-15(10-17)19-14)20-16(21)22-11-13-5-2-1-3-6-13/h1-3,5-6,14-15,19H,4,7-11H2,(H,20,21). The predicted octanol–water partition coefficient (Wildman–Crippen LogP) is 2.48. The van der Waals surface area contributed by atoms with Crippen LogP contribution in [0.3, 0.4) is 0 Å². The Morgan fingerprint density at radius 2 is 2.00 bits per heavy atom. The first-order chi connectivity index (χ1) is 10.7. The molecule has 5 nitrogen and oxygen atoms in total. The van der Waals surface area contributed by atoms with Crippen LogP contribution in [-0.2, 0) is 11.3 Å². The normalized spacial score (nSPS) is 30.1. The van der Waals surface area contributed by atoms with Gasteiger partial charge in [0.1, 0.15) is 12.1 Å². The van der Waals surface area contributed by atoms with Crippen molar-refractivity contribution in [2.45, 2.75) is 56.3 Å². The molecule has 116 valence electrons. The minimum Gasteiger partial charge on any atom is -0.445 e. The van der Waals surface area contributed by atoms with Crippen molar-refractivity contribution in [2.75, 3.05) is 0 Å². The first-order valence-corrected chi connectivity index (χ1v) is 7.85. The molecule has 1 aromatic carbocycles. The molecule has 0 radical (unpaired) electrons. The van der Waals surface area contributed by atoms with Gasteiger partial charge in [0.25, 0.3) is 0 Å². The van der Waals surface area contributed by atoms with E-state index in [1.54, 1.807) is 0 Å². The number of ether oxygens (including phenoxy) is 1. The second-order valence-electron chi connectivity index (χ2n) is 6.28. The maximum Gasteiger partial charge on any atom is 0.408 e. The van der Waals surface area contributed by atoms with Crippen molar-refractivity contribution >= 4 is 6.09 Å². The molecule has 0 aliphatic carbocycles. The quantitative estimate of drug-likeness (QED) is 0.899. The van der Waals surface area contributed by atoms with Crippen LogP contribution in [0.5, 0.6) is 0 Å². The Labute approximate surface area is 130 Å². The van der Waals surface area contributed by atoms with Crippen LogP contribution >= 0.6 is 0 Å². The maximum absolute atomic E-state index is 12.1. The van der Waals surface area contributed by atoms with E-state index in [0.29, 0.717) is 24.9 Å². The molecule has 2 aliphatic heterocycles. The molecule has 0 aromatic heterocycles. The number of alkyl carbamates (subject to hydrolysis) is 1. The molecule has 1 aromatic rings. The number of carbonyl (C=O) groups is 1. The first-order valence-electron chi connectivity index (χ1n) is 7.85. The molecule has 2 aliphatic rings. The molecule has 1 amide bonds. The van der Waals surface area contributed by atoms with Crippen LogP contribution < -0.4 is 10.6 Å². The molecule has 2 heterocycles. The predicted molar refractivity (Wildman–Crippen MR) is 81.9 cm³/mol. The molecular weight excluding hydrogens is 278 g/mol. The van der Waals surface area contributed by atoms with E-state index in [1.165, 1.54) is 6.42 Å². The topological polar surface area (TPSA) is 74.2 Å². The van der Waals surface area contributed by atoms with Gasteiger partial charge in [0.2, 0.25) is 0 Å². The lowest BCUT2D eigenvalue weighted by Gasteiger charge is -2.44. The highest BCUT2D eigenvalue weighted by Gasteiger charge is 2.43. The molecule has 2 saturated heterocycles. The van der Waals surface area contributed by atoms with Gasteiger partial charge in [-0.15, -0.1) is 0 Å². The summed E-state index contributed by atoms with van der Waals surface area (Å²) >= 11 is 0. The van der Waals surface area contributed by atoms with Gasteiger partial charge in [-0.3, -0.25) is 0 Å². The van der Waals surface area contributed by atoms with E-state index < -0.39 is 11.6 Å². The number of fused-ring (bicyclic) bond motifs is 2. The van der Waals surface area contributed by atoms with Crippen LogP contribution in [0.2, 0.25) is 0 Å². The fourth-order valence-electron chi connectivity index (χ4n) is 3.53. The molecule has 3 rings (SSSR count). The Balaban J connectivity index is 1.58. The molecule has 0 saturated carbocycles. The van der Waals surface area contributed by atoms with E-state index in [4.69, 9.17) is 4.74 Å². The molecule has 2 N–H and O–H groups in total. The summed E-state index contributed by atoms with van der Waals surface area (Å²) in [5.41, 5.74) is 0.139. The van der Waals surface area contributed by atoms with Gasteiger partial charge >= 0.3 is 6.09 Å². The van der Waals surface area contributed by atoms with Gasteiger partial charge in [0.05, 0.1) is 6.07 Å². The number of hydrogen-bond donors (Lipinski definition) is 2. The van der Waals surface area contributed by atoms with Gasteiger partial charge in [0.15, 0.2) is 0 Å². The second kappa shape index (κ2) is 6.37. The highest BCUT2D eigenvalue weighted by atomic mass is 16.5. The smallest absolute Gasteiger partial charge is 0.408 e. The van der Waals surface area contributed by atoms with E-state index in [9.17, 15) is 10.1 Å². The van der Waals surface area contributed by atoms with Crippen molar-refractivity contribution < 1.29 is 9.53 Å².